The lowest BCUT2D eigenvalue weighted by molar-refractivity contribution is -0.136. The summed E-state index contributed by atoms with van der Waals surface area (Å²) in [5.74, 6) is -0.883. The molecule has 2 aliphatic heterocycles. The van der Waals surface area contributed by atoms with E-state index in [2.05, 4.69) is 10.3 Å². The lowest BCUT2D eigenvalue weighted by Crippen LogP contribution is -2.51. The first kappa shape index (κ1) is 23.5. The van der Waals surface area contributed by atoms with Crippen molar-refractivity contribution in [3.05, 3.63) is 65.2 Å². The van der Waals surface area contributed by atoms with E-state index in [1.807, 2.05) is 24.3 Å². The number of thiocarbonyl (C=S) groups is 1. The number of morpholine rings is 1. The molecule has 4 rings (SSSR count). The molecule has 2 atom stereocenters. The third-order valence-electron chi connectivity index (χ3n) is 6.07. The summed E-state index contributed by atoms with van der Waals surface area (Å²) >= 11 is 5.37. The number of para-hydroxylation sites is 1. The average Bonchev–Trinajstić information content (AvgIpc) is 2.83. The van der Waals surface area contributed by atoms with Gasteiger partial charge in [-0.05, 0) is 37.2 Å². The zero-order valence-corrected chi connectivity index (χ0v) is 19.2. The number of benzene rings is 2. The first-order valence-corrected chi connectivity index (χ1v) is 11.4. The molecule has 2 aliphatic rings. The molecule has 0 bridgehead atoms. The zero-order valence-electron chi connectivity index (χ0n) is 18.4. The minimum Gasteiger partial charge on any atom is -0.493 e. The molecular weight excluding hydrogens is 448 g/mol. The fraction of sp³-hybridized carbons (Fsp3) is 0.417. The van der Waals surface area contributed by atoms with Gasteiger partial charge in [0.05, 0.1) is 25.9 Å². The second-order valence-corrected chi connectivity index (χ2v) is 8.66. The molecule has 1 amide bonds. The van der Waals surface area contributed by atoms with E-state index in [0.29, 0.717) is 25.6 Å². The van der Waals surface area contributed by atoms with Gasteiger partial charge in [-0.2, -0.15) is 0 Å². The van der Waals surface area contributed by atoms with Gasteiger partial charge in [-0.1, -0.05) is 30.4 Å². The summed E-state index contributed by atoms with van der Waals surface area (Å²) in [6.45, 7) is 5.85. The third-order valence-corrected chi connectivity index (χ3v) is 6.38. The number of hydrogen-bond donors (Lipinski definition) is 1. The highest BCUT2D eigenvalue weighted by molar-refractivity contribution is 7.80. The number of carbonyl (C=O) groups excluding carboxylic acids is 1. The van der Waals surface area contributed by atoms with Crippen LogP contribution >= 0.6 is 12.2 Å². The number of hydrogen-bond acceptors (Lipinski definition) is 5. The summed E-state index contributed by atoms with van der Waals surface area (Å²) in [7, 11) is 0. The minimum absolute atomic E-state index is 0.0284. The Morgan fingerprint density at radius 2 is 1.97 bits per heavy atom. The van der Waals surface area contributed by atoms with Gasteiger partial charge in [0.1, 0.15) is 22.4 Å². The number of nitrogens with zero attached hydrogens (tertiary/aromatic N) is 2. The van der Waals surface area contributed by atoms with E-state index >= 15 is 0 Å². The van der Waals surface area contributed by atoms with Gasteiger partial charge in [-0.15, -0.1) is 0 Å². The number of fused-ring (bicyclic) bond motifs is 1. The van der Waals surface area contributed by atoms with Crippen molar-refractivity contribution < 1.29 is 23.0 Å². The fourth-order valence-corrected chi connectivity index (χ4v) is 4.60. The second kappa shape index (κ2) is 10.5. The van der Waals surface area contributed by atoms with E-state index in [9.17, 15) is 13.6 Å². The van der Waals surface area contributed by atoms with Gasteiger partial charge in [-0.3, -0.25) is 15.1 Å². The monoisotopic (exact) mass is 475 g/mol. The molecule has 1 fully saturated rings. The highest BCUT2D eigenvalue weighted by Gasteiger charge is 2.37. The highest BCUT2D eigenvalue weighted by atomic mass is 32.1. The molecule has 176 valence electrons. The second-order valence-electron chi connectivity index (χ2n) is 8.25. The number of carbonyl (C=O) groups is 1. The summed E-state index contributed by atoms with van der Waals surface area (Å²) in [6.07, 6.45) is 0.783. The topological polar surface area (TPSA) is 54.0 Å². The molecule has 0 spiro atoms. The lowest BCUT2D eigenvalue weighted by Gasteiger charge is -2.41. The van der Waals surface area contributed by atoms with Gasteiger partial charge in [-0.25, -0.2) is 13.8 Å². The van der Waals surface area contributed by atoms with Crippen molar-refractivity contribution in [3.63, 3.8) is 0 Å². The van der Waals surface area contributed by atoms with E-state index in [4.69, 9.17) is 21.7 Å². The van der Waals surface area contributed by atoms with Crippen LogP contribution in [0.15, 0.2) is 42.5 Å². The van der Waals surface area contributed by atoms with E-state index in [-0.39, 0.29) is 28.4 Å². The number of amides is 1. The first-order chi connectivity index (χ1) is 15.9. The molecule has 1 N–H and O–H groups in total. The van der Waals surface area contributed by atoms with Crippen LogP contribution in [0.4, 0.5) is 8.78 Å². The van der Waals surface area contributed by atoms with Crippen LogP contribution in [0.5, 0.6) is 5.75 Å². The molecule has 33 heavy (non-hydrogen) atoms. The molecular formula is C24H27F2N3O3S. The molecule has 0 aliphatic carbocycles. The largest absolute Gasteiger partial charge is 0.493 e. The van der Waals surface area contributed by atoms with Gasteiger partial charge in [0.2, 0.25) is 5.91 Å². The summed E-state index contributed by atoms with van der Waals surface area (Å²) in [4.78, 5) is 15.1. The van der Waals surface area contributed by atoms with Crippen LogP contribution in [0.2, 0.25) is 0 Å². The van der Waals surface area contributed by atoms with Crippen LogP contribution in [-0.2, 0) is 9.53 Å². The number of ether oxygens (including phenoxy) is 2. The van der Waals surface area contributed by atoms with Crippen molar-refractivity contribution in [2.75, 3.05) is 39.5 Å². The Kier molecular flexibility index (Phi) is 7.52. The van der Waals surface area contributed by atoms with Crippen molar-refractivity contribution in [2.24, 2.45) is 5.92 Å². The van der Waals surface area contributed by atoms with E-state index < -0.39 is 11.6 Å². The van der Waals surface area contributed by atoms with Crippen LogP contribution < -0.4 is 10.2 Å². The van der Waals surface area contributed by atoms with Crippen molar-refractivity contribution in [3.8, 4) is 5.75 Å². The highest BCUT2D eigenvalue weighted by Crippen LogP contribution is 2.40. The molecule has 6 nitrogen and oxygen atoms in total. The molecule has 1 saturated heterocycles. The van der Waals surface area contributed by atoms with Gasteiger partial charge in [0.15, 0.2) is 0 Å². The standard InChI is InChI=1S/C24H27F2N3O3S/c1-16(30)29(27-24(33)20-14-18(25)6-7-21(20)26)23-17(8-9-28-10-12-31-13-11-28)15-32-22-5-3-2-4-19(22)23/h2-7,14,17,23H,8-13,15H2,1H3,(H,27,33)/t17-,23?/m1/s1. The summed E-state index contributed by atoms with van der Waals surface area (Å²) in [5, 5.41) is 1.43. The Hall–Kier alpha value is -2.62. The average molecular weight is 476 g/mol. The number of rotatable bonds is 5. The summed E-state index contributed by atoms with van der Waals surface area (Å²) < 4.78 is 39.5. The summed E-state index contributed by atoms with van der Waals surface area (Å²) in [6, 6.07) is 10.2. The number of halogens is 2. The maximum Gasteiger partial charge on any atom is 0.238 e. The van der Waals surface area contributed by atoms with E-state index in [1.54, 1.807) is 0 Å². The number of nitrogens with one attached hydrogen (secondary N) is 1. The molecule has 2 aromatic carbocycles. The van der Waals surface area contributed by atoms with Gasteiger partial charge in [0.25, 0.3) is 0 Å². The van der Waals surface area contributed by atoms with Crippen molar-refractivity contribution in [1.29, 1.82) is 0 Å². The summed E-state index contributed by atoms with van der Waals surface area (Å²) in [5.41, 5.74) is 3.65. The Labute approximate surface area is 197 Å². The maximum atomic E-state index is 14.3. The predicted molar refractivity (Wildman–Crippen MR) is 124 cm³/mol. The Bertz CT molecular complexity index is 1020. The van der Waals surface area contributed by atoms with Crippen LogP contribution in [0.25, 0.3) is 0 Å². The quantitative estimate of drug-likeness (QED) is 0.528. The smallest absolute Gasteiger partial charge is 0.238 e. The van der Waals surface area contributed by atoms with Crippen LogP contribution in [-0.4, -0.2) is 60.3 Å². The molecule has 9 heteroatoms. The minimum atomic E-state index is -0.659. The Morgan fingerprint density at radius 1 is 1.21 bits per heavy atom. The van der Waals surface area contributed by atoms with Crippen LogP contribution in [0.1, 0.15) is 30.5 Å². The van der Waals surface area contributed by atoms with Gasteiger partial charge in [0, 0.05) is 37.1 Å². The number of hydrazine groups is 1. The molecule has 2 aromatic rings. The Balaban J connectivity index is 1.60. The molecule has 2 heterocycles. The van der Waals surface area contributed by atoms with E-state index in [0.717, 1.165) is 49.8 Å². The van der Waals surface area contributed by atoms with Crippen molar-refractivity contribution in [2.45, 2.75) is 19.4 Å². The molecule has 1 unspecified atom stereocenters. The normalized spacial score (nSPS) is 20.5. The van der Waals surface area contributed by atoms with Crippen LogP contribution in [0, 0.1) is 17.6 Å². The zero-order chi connectivity index (χ0) is 23.4. The molecule has 0 saturated carbocycles. The van der Waals surface area contributed by atoms with Crippen molar-refractivity contribution in [1.82, 2.24) is 15.3 Å². The molecule has 0 aromatic heterocycles. The third kappa shape index (κ3) is 5.48. The first-order valence-electron chi connectivity index (χ1n) is 11.0. The van der Waals surface area contributed by atoms with Gasteiger partial charge >= 0.3 is 0 Å². The van der Waals surface area contributed by atoms with Crippen molar-refractivity contribution >= 4 is 23.1 Å². The maximum absolute atomic E-state index is 14.3. The molecule has 0 radical (unpaired) electrons. The SMILES string of the molecule is CC(=O)N(NC(=S)c1cc(F)ccc1F)C1c2ccccc2OC[C@H]1CCN1CCOCC1. The Morgan fingerprint density at radius 3 is 2.73 bits per heavy atom. The predicted octanol–water partition coefficient (Wildman–Crippen LogP) is 3.47. The van der Waals surface area contributed by atoms with E-state index in [1.165, 1.54) is 11.9 Å². The van der Waals surface area contributed by atoms with Crippen LogP contribution in [0.3, 0.4) is 0 Å². The fourth-order valence-electron chi connectivity index (χ4n) is 4.35. The van der Waals surface area contributed by atoms with Gasteiger partial charge < -0.3 is 9.47 Å². The lowest BCUT2D eigenvalue weighted by atomic mass is 9.87.